The van der Waals surface area contributed by atoms with Gasteiger partial charge in [-0.05, 0) is 5.57 Å². The highest BCUT2D eigenvalue weighted by Crippen LogP contribution is 2.04. The Labute approximate surface area is 81.9 Å². The third-order valence-corrected chi connectivity index (χ3v) is 1.31. The van der Waals surface area contributed by atoms with E-state index in [9.17, 15) is 9.59 Å². The van der Waals surface area contributed by atoms with Crippen molar-refractivity contribution >= 4 is 11.9 Å². The molecule has 0 amide bonds. The maximum atomic E-state index is 10.4. The van der Waals surface area contributed by atoms with Gasteiger partial charge in [0.05, 0.1) is 12.8 Å². The third kappa shape index (κ3) is 6.84. The van der Waals surface area contributed by atoms with Crippen molar-refractivity contribution in [2.45, 2.75) is 12.8 Å². The molecular weight excluding hydrogens is 184 g/mol. The lowest BCUT2D eigenvalue weighted by atomic mass is 10.1. The van der Waals surface area contributed by atoms with Crippen LogP contribution in [0.2, 0.25) is 0 Å². The lowest BCUT2D eigenvalue weighted by Crippen LogP contribution is -1.96. The smallest absolute Gasteiger partial charge is 0.307 e. The lowest BCUT2D eigenvalue weighted by Gasteiger charge is -1.95. The summed E-state index contributed by atoms with van der Waals surface area (Å²) < 4.78 is 0. The Balaban J connectivity index is 4.30. The van der Waals surface area contributed by atoms with Crippen molar-refractivity contribution in [2.24, 2.45) is 0 Å². The number of carboxylic acid groups (broad SMARTS) is 2. The van der Waals surface area contributed by atoms with Gasteiger partial charge in [-0.1, -0.05) is 30.9 Å². The predicted molar refractivity (Wildman–Crippen MR) is 51.9 cm³/mol. The van der Waals surface area contributed by atoms with Gasteiger partial charge >= 0.3 is 11.9 Å². The summed E-state index contributed by atoms with van der Waals surface area (Å²) >= 11 is 0. The van der Waals surface area contributed by atoms with Crippen LogP contribution in [0, 0.1) is 0 Å². The number of hydrogen-bond donors (Lipinski definition) is 2. The van der Waals surface area contributed by atoms with E-state index in [2.05, 4.69) is 6.58 Å². The van der Waals surface area contributed by atoms with Crippen LogP contribution in [0.5, 0.6) is 0 Å². The average molecular weight is 196 g/mol. The molecule has 0 aliphatic heterocycles. The molecule has 0 saturated carbocycles. The molecule has 0 aliphatic carbocycles. The molecule has 4 heteroatoms. The van der Waals surface area contributed by atoms with Crippen LogP contribution < -0.4 is 0 Å². The van der Waals surface area contributed by atoms with Crippen LogP contribution in [0.3, 0.4) is 0 Å². The Morgan fingerprint density at radius 2 is 1.86 bits per heavy atom. The highest BCUT2D eigenvalue weighted by molar-refractivity contribution is 5.71. The Bertz CT molecular complexity index is 286. The van der Waals surface area contributed by atoms with E-state index in [-0.39, 0.29) is 12.8 Å². The summed E-state index contributed by atoms with van der Waals surface area (Å²) in [4.78, 5) is 20.5. The van der Waals surface area contributed by atoms with E-state index >= 15 is 0 Å². The van der Waals surface area contributed by atoms with Crippen LogP contribution in [0.15, 0.2) is 36.5 Å². The molecule has 0 bridgehead atoms. The van der Waals surface area contributed by atoms with Crippen molar-refractivity contribution < 1.29 is 19.8 Å². The highest BCUT2D eigenvalue weighted by atomic mass is 16.4. The molecule has 0 aromatic heterocycles. The molecule has 0 unspecified atom stereocenters. The monoisotopic (exact) mass is 196 g/mol. The number of aliphatic carboxylic acids is 2. The summed E-state index contributed by atoms with van der Waals surface area (Å²) in [6.07, 6.45) is 5.62. The SMILES string of the molecule is C=CC=C(C=CCC(=O)O)CC(=O)O. The van der Waals surface area contributed by atoms with Gasteiger partial charge in [0.15, 0.2) is 0 Å². The Morgan fingerprint density at radius 3 is 2.29 bits per heavy atom. The van der Waals surface area contributed by atoms with Gasteiger partial charge in [0, 0.05) is 0 Å². The molecule has 2 N–H and O–H groups in total. The zero-order chi connectivity index (χ0) is 11.0. The highest BCUT2D eigenvalue weighted by Gasteiger charge is 1.99. The topological polar surface area (TPSA) is 74.6 Å². The predicted octanol–water partition coefficient (Wildman–Crippen LogP) is 1.60. The minimum Gasteiger partial charge on any atom is -0.481 e. The summed E-state index contributed by atoms with van der Waals surface area (Å²) in [6, 6.07) is 0. The largest absolute Gasteiger partial charge is 0.481 e. The molecule has 0 aromatic carbocycles. The van der Waals surface area contributed by atoms with Gasteiger partial charge in [0.2, 0.25) is 0 Å². The first-order valence-corrected chi connectivity index (χ1v) is 3.98. The lowest BCUT2D eigenvalue weighted by molar-refractivity contribution is -0.137. The van der Waals surface area contributed by atoms with Crippen LogP contribution in [0.1, 0.15) is 12.8 Å². The average Bonchev–Trinajstić information content (AvgIpc) is 2.02. The summed E-state index contributed by atoms with van der Waals surface area (Å²) in [7, 11) is 0. The Hall–Kier alpha value is -1.84. The van der Waals surface area contributed by atoms with Crippen LogP contribution in [0.25, 0.3) is 0 Å². The van der Waals surface area contributed by atoms with Crippen molar-refractivity contribution in [1.29, 1.82) is 0 Å². The molecule has 0 saturated heterocycles. The molecule has 0 spiro atoms. The number of hydrogen-bond acceptors (Lipinski definition) is 2. The second-order valence-corrected chi connectivity index (χ2v) is 2.55. The van der Waals surface area contributed by atoms with Gasteiger partial charge in [0.25, 0.3) is 0 Å². The van der Waals surface area contributed by atoms with E-state index in [4.69, 9.17) is 10.2 Å². The maximum Gasteiger partial charge on any atom is 0.307 e. The zero-order valence-electron chi connectivity index (χ0n) is 7.64. The van der Waals surface area contributed by atoms with Crippen LogP contribution >= 0.6 is 0 Å². The number of carboxylic acids is 2. The van der Waals surface area contributed by atoms with E-state index < -0.39 is 11.9 Å². The molecule has 14 heavy (non-hydrogen) atoms. The fraction of sp³-hybridized carbons (Fsp3) is 0.200. The third-order valence-electron chi connectivity index (χ3n) is 1.31. The molecule has 4 nitrogen and oxygen atoms in total. The van der Waals surface area contributed by atoms with Gasteiger partial charge in [-0.3, -0.25) is 9.59 Å². The van der Waals surface area contributed by atoms with Crippen molar-refractivity contribution in [2.75, 3.05) is 0 Å². The first-order chi connectivity index (χ1) is 6.56. The number of allylic oxidation sites excluding steroid dienone is 3. The van der Waals surface area contributed by atoms with Gasteiger partial charge in [-0.2, -0.15) is 0 Å². The molecule has 0 aromatic rings. The molecule has 0 aliphatic rings. The number of carbonyl (C=O) groups is 2. The maximum absolute atomic E-state index is 10.4. The Morgan fingerprint density at radius 1 is 1.21 bits per heavy atom. The standard InChI is InChI=1S/C10H12O4/c1-2-4-8(7-10(13)14)5-3-6-9(11)12/h2-5H,1,6-7H2,(H,11,12)(H,13,14). The molecule has 0 radical (unpaired) electrons. The second-order valence-electron chi connectivity index (χ2n) is 2.55. The van der Waals surface area contributed by atoms with Crippen LogP contribution in [-0.4, -0.2) is 22.2 Å². The van der Waals surface area contributed by atoms with Crippen LogP contribution in [0.4, 0.5) is 0 Å². The molecule has 0 heterocycles. The van der Waals surface area contributed by atoms with Crippen molar-refractivity contribution in [3.8, 4) is 0 Å². The molecule has 0 rings (SSSR count). The van der Waals surface area contributed by atoms with Gasteiger partial charge in [-0.25, -0.2) is 0 Å². The van der Waals surface area contributed by atoms with E-state index in [0.29, 0.717) is 5.57 Å². The summed E-state index contributed by atoms with van der Waals surface area (Å²) in [5.74, 6) is -1.91. The zero-order valence-corrected chi connectivity index (χ0v) is 7.64. The number of rotatable bonds is 6. The quantitative estimate of drug-likeness (QED) is 0.633. The summed E-state index contributed by atoms with van der Waals surface area (Å²) in [5, 5.41) is 16.8. The fourth-order valence-corrected chi connectivity index (χ4v) is 0.811. The first kappa shape index (κ1) is 12.2. The second kappa shape index (κ2) is 6.65. The van der Waals surface area contributed by atoms with E-state index in [0.717, 1.165) is 0 Å². The van der Waals surface area contributed by atoms with Crippen LogP contribution in [-0.2, 0) is 9.59 Å². The van der Waals surface area contributed by atoms with Gasteiger partial charge in [-0.15, -0.1) is 0 Å². The molecule has 76 valence electrons. The van der Waals surface area contributed by atoms with E-state index in [1.807, 2.05) is 0 Å². The first-order valence-electron chi connectivity index (χ1n) is 3.98. The van der Waals surface area contributed by atoms with E-state index in [1.165, 1.54) is 24.3 Å². The molecule has 0 atom stereocenters. The summed E-state index contributed by atoms with van der Waals surface area (Å²) in [6.45, 7) is 3.43. The molecular formula is C10H12O4. The molecule has 0 fully saturated rings. The van der Waals surface area contributed by atoms with Gasteiger partial charge < -0.3 is 10.2 Å². The minimum atomic E-state index is -0.960. The van der Waals surface area contributed by atoms with Crippen molar-refractivity contribution in [3.63, 3.8) is 0 Å². The van der Waals surface area contributed by atoms with E-state index in [1.54, 1.807) is 0 Å². The van der Waals surface area contributed by atoms with Crippen molar-refractivity contribution in [1.82, 2.24) is 0 Å². The summed E-state index contributed by atoms with van der Waals surface area (Å²) in [5.41, 5.74) is 0.522. The minimum absolute atomic E-state index is 0.117. The fourth-order valence-electron chi connectivity index (χ4n) is 0.811. The Kier molecular flexibility index (Phi) is 5.78. The normalized spacial score (nSPS) is 11.6. The van der Waals surface area contributed by atoms with Crippen molar-refractivity contribution in [3.05, 3.63) is 36.5 Å². The van der Waals surface area contributed by atoms with Gasteiger partial charge in [0.1, 0.15) is 0 Å².